The number of methoxy groups -OCH3 is 3. The van der Waals surface area contributed by atoms with E-state index in [0.717, 1.165) is 0 Å². The molecule has 3 aliphatic heterocycles. The number of hydrogen-bond donors (Lipinski definition) is 4. The van der Waals surface area contributed by atoms with Gasteiger partial charge in [-0.1, -0.05) is 44.6 Å². The number of aliphatic hydroxyl groups excluding tert-OH is 4. The maximum atomic E-state index is 13.7. The molecule has 16 nitrogen and oxygen atoms in total. The molecule has 3 aliphatic rings. The molecule has 0 aromatic heterocycles. The smallest absolute Gasteiger partial charge is 0.330 e. The van der Waals surface area contributed by atoms with Crippen LogP contribution >= 0.6 is 0 Å². The van der Waals surface area contributed by atoms with Crippen LogP contribution in [0.4, 0.5) is 0 Å². The van der Waals surface area contributed by atoms with Crippen LogP contribution in [0.5, 0.6) is 0 Å². The molecule has 4 N–H and O–H groups in total. The molecular weight excluding hydrogens is 758 g/mol. The molecule has 0 radical (unpaired) electrons. The molecule has 0 saturated carbocycles. The lowest BCUT2D eigenvalue weighted by molar-refractivity contribution is -0.304. The number of aliphatic hydroxyl groups is 4. The van der Waals surface area contributed by atoms with Gasteiger partial charge < -0.3 is 63.2 Å². The number of allylic oxidation sites excluding steroid dienone is 4. The minimum atomic E-state index is -1.32. The first-order valence-corrected chi connectivity index (χ1v) is 20.2. The molecule has 10 unspecified atom stereocenters. The van der Waals surface area contributed by atoms with Gasteiger partial charge in [0.05, 0.1) is 56.7 Å². The predicted molar refractivity (Wildman–Crippen MR) is 211 cm³/mol. The summed E-state index contributed by atoms with van der Waals surface area (Å²) in [7, 11) is 7.63. The van der Waals surface area contributed by atoms with Crippen molar-refractivity contribution in [1.29, 1.82) is 0 Å². The van der Waals surface area contributed by atoms with E-state index in [4.69, 9.17) is 37.9 Å². The average Bonchev–Trinajstić information content (AvgIpc) is 3.18. The minimum absolute atomic E-state index is 0.00547. The zero-order valence-electron chi connectivity index (χ0n) is 36.0. The molecule has 16 heteroatoms. The molecule has 58 heavy (non-hydrogen) atoms. The summed E-state index contributed by atoms with van der Waals surface area (Å²) in [5, 5.41) is 44.7. The van der Waals surface area contributed by atoms with Crippen LogP contribution in [0.3, 0.4) is 0 Å². The van der Waals surface area contributed by atoms with E-state index in [1.807, 2.05) is 19.9 Å². The fourth-order valence-electron chi connectivity index (χ4n) is 8.04. The standard InChI is InChI=1S/C42H69NO15/c1-12-31-28(21-54-42-40(53-11)39(52-10)36(49)26(6)56-42)18-22(2)16-17-29(44)23(3)19-27(14-13-15-32(46)51-9)38(24(4)30(45)20-33(47)57-31)58-41-37(50)34(43(7)8)35(48)25(5)55-41/h13,15-18,23-28,30-31,34-42,45,48-50H,12,14,19-21H2,1-11H3/b15-13+,17-16+,22-18+/t23-,24+,25?,26?,27+,28-,30+,31-,34?,35?,36?,37?,38-,39?,40?,41?,42?/m1/s1. The highest BCUT2D eigenvalue weighted by molar-refractivity contribution is 5.91. The Morgan fingerprint density at radius 3 is 2.14 bits per heavy atom. The summed E-state index contributed by atoms with van der Waals surface area (Å²) in [4.78, 5) is 41.2. The molecule has 3 rings (SSSR count). The number of likely N-dealkylation sites (N-methyl/N-ethyl adjacent to an activating group) is 1. The largest absolute Gasteiger partial charge is 0.466 e. The van der Waals surface area contributed by atoms with E-state index in [0.29, 0.717) is 12.0 Å². The van der Waals surface area contributed by atoms with E-state index >= 15 is 0 Å². The van der Waals surface area contributed by atoms with Crippen molar-refractivity contribution in [2.75, 3.05) is 42.0 Å². The lowest BCUT2D eigenvalue weighted by Crippen LogP contribution is -2.63. The Bertz CT molecular complexity index is 1400. The normalized spacial score (nSPS) is 41.5. The molecule has 3 heterocycles. The first kappa shape index (κ1) is 49.8. The van der Waals surface area contributed by atoms with Crippen LogP contribution in [-0.4, -0.2) is 165 Å². The summed E-state index contributed by atoms with van der Waals surface area (Å²) in [6.07, 6.45) is -3.00. The number of carbonyl (C=O) groups is 3. The van der Waals surface area contributed by atoms with Crippen LogP contribution in [0.15, 0.2) is 36.0 Å². The van der Waals surface area contributed by atoms with Gasteiger partial charge in [-0.3, -0.25) is 9.59 Å². The van der Waals surface area contributed by atoms with Gasteiger partial charge in [0.25, 0.3) is 0 Å². The number of ketones is 1. The molecule has 2 saturated heterocycles. The van der Waals surface area contributed by atoms with Crippen molar-refractivity contribution in [2.45, 2.75) is 147 Å². The topological polar surface area (TPSA) is 209 Å². The highest BCUT2D eigenvalue weighted by Gasteiger charge is 2.48. The Kier molecular flexibility index (Phi) is 20.1. The van der Waals surface area contributed by atoms with Crippen LogP contribution in [0, 0.1) is 23.7 Å². The van der Waals surface area contributed by atoms with Gasteiger partial charge in [-0.25, -0.2) is 4.79 Å². The third-order valence-corrected chi connectivity index (χ3v) is 11.6. The number of carbonyl (C=O) groups excluding carboxylic acids is 3. The van der Waals surface area contributed by atoms with Gasteiger partial charge in [-0.2, -0.15) is 0 Å². The Morgan fingerprint density at radius 2 is 1.53 bits per heavy atom. The van der Waals surface area contributed by atoms with Crippen molar-refractivity contribution in [3.05, 3.63) is 36.0 Å². The second kappa shape index (κ2) is 23.4. The van der Waals surface area contributed by atoms with E-state index in [9.17, 15) is 34.8 Å². The third kappa shape index (κ3) is 13.2. The summed E-state index contributed by atoms with van der Waals surface area (Å²) in [5.41, 5.74) is 0.699. The quantitative estimate of drug-likeness (QED) is 0.164. The van der Waals surface area contributed by atoms with Crippen LogP contribution in [0.2, 0.25) is 0 Å². The number of nitrogens with zero attached hydrogens (tertiary/aromatic N) is 1. The second-order valence-corrected chi connectivity index (χ2v) is 16.1. The Balaban J connectivity index is 2.02. The van der Waals surface area contributed by atoms with Gasteiger partial charge in [0.2, 0.25) is 0 Å². The van der Waals surface area contributed by atoms with E-state index in [-0.39, 0.29) is 25.2 Å². The number of cyclic esters (lactones) is 1. The summed E-state index contributed by atoms with van der Waals surface area (Å²) in [6, 6.07) is -0.751. The van der Waals surface area contributed by atoms with E-state index < -0.39 is 122 Å². The minimum Gasteiger partial charge on any atom is -0.466 e. The van der Waals surface area contributed by atoms with Gasteiger partial charge in [-0.05, 0) is 66.1 Å². The molecule has 0 aromatic carbocycles. The number of ether oxygens (including phenoxy) is 8. The summed E-state index contributed by atoms with van der Waals surface area (Å²) in [6.45, 7) is 10.5. The molecule has 2 fully saturated rings. The van der Waals surface area contributed by atoms with E-state index in [2.05, 4.69) is 0 Å². The van der Waals surface area contributed by atoms with Crippen molar-refractivity contribution in [1.82, 2.24) is 4.90 Å². The summed E-state index contributed by atoms with van der Waals surface area (Å²) in [5.74, 6) is -3.88. The van der Waals surface area contributed by atoms with Gasteiger partial charge in [0.1, 0.15) is 30.5 Å². The first-order valence-electron chi connectivity index (χ1n) is 20.2. The highest BCUT2D eigenvalue weighted by Crippen LogP contribution is 2.35. The zero-order valence-corrected chi connectivity index (χ0v) is 36.0. The lowest BCUT2D eigenvalue weighted by Gasteiger charge is -2.46. The Morgan fingerprint density at radius 1 is 0.897 bits per heavy atom. The van der Waals surface area contributed by atoms with Crippen LogP contribution in [0.25, 0.3) is 0 Å². The Hall–Kier alpha value is -2.61. The van der Waals surface area contributed by atoms with Gasteiger partial charge >= 0.3 is 11.9 Å². The van der Waals surface area contributed by atoms with E-state index in [1.165, 1.54) is 33.5 Å². The van der Waals surface area contributed by atoms with Crippen molar-refractivity contribution in [3.8, 4) is 0 Å². The molecule has 0 bridgehead atoms. The van der Waals surface area contributed by atoms with Crippen molar-refractivity contribution < 1.29 is 72.7 Å². The fraction of sp³-hybridized carbons (Fsp3) is 0.786. The maximum Gasteiger partial charge on any atom is 0.330 e. The molecule has 0 aliphatic carbocycles. The number of rotatable bonds is 12. The SMILES string of the molecule is CC[C@H]1OC(=O)C[C@H](O)[C@H](C)[C@@H](OC2OC(C)C(O)C(N(C)C)C2O)[C@@H](C/C=C/C(=O)OC)C[C@@H](C)C(=O)/C=C/C(C)=C/[C@@H]1COC1OC(C)C(O)C(OC)C1OC. The van der Waals surface area contributed by atoms with Crippen molar-refractivity contribution in [3.63, 3.8) is 0 Å². The molecule has 0 aromatic rings. The van der Waals surface area contributed by atoms with Crippen molar-refractivity contribution >= 4 is 17.7 Å². The van der Waals surface area contributed by atoms with Crippen molar-refractivity contribution in [2.24, 2.45) is 23.7 Å². The molecule has 0 spiro atoms. The molecule has 17 atom stereocenters. The average molecular weight is 828 g/mol. The van der Waals surface area contributed by atoms with Crippen LogP contribution < -0.4 is 0 Å². The Labute approximate surface area is 343 Å². The van der Waals surface area contributed by atoms with Crippen LogP contribution in [-0.2, 0) is 52.3 Å². The molecule has 0 amide bonds. The monoisotopic (exact) mass is 827 g/mol. The van der Waals surface area contributed by atoms with Gasteiger partial charge in [-0.15, -0.1) is 0 Å². The van der Waals surface area contributed by atoms with Gasteiger partial charge in [0, 0.05) is 38.0 Å². The summed E-state index contributed by atoms with van der Waals surface area (Å²) < 4.78 is 46.8. The molecular formula is C42H69NO15. The van der Waals surface area contributed by atoms with Gasteiger partial charge in [0.15, 0.2) is 18.4 Å². The first-order chi connectivity index (χ1) is 27.4. The third-order valence-electron chi connectivity index (χ3n) is 11.6. The number of esters is 2. The zero-order chi connectivity index (χ0) is 43.4. The van der Waals surface area contributed by atoms with Crippen LogP contribution in [0.1, 0.15) is 67.2 Å². The fourth-order valence-corrected chi connectivity index (χ4v) is 8.04. The lowest BCUT2D eigenvalue weighted by atomic mass is 9.79. The predicted octanol–water partition coefficient (Wildman–Crippen LogP) is 2.09. The highest BCUT2D eigenvalue weighted by atomic mass is 16.7. The maximum absolute atomic E-state index is 13.7. The summed E-state index contributed by atoms with van der Waals surface area (Å²) >= 11 is 0. The van der Waals surface area contributed by atoms with E-state index in [1.54, 1.807) is 58.8 Å². The second-order valence-electron chi connectivity index (χ2n) is 16.1. The molecule has 332 valence electrons. The number of hydrogen-bond acceptors (Lipinski definition) is 16.